The van der Waals surface area contributed by atoms with Crippen molar-refractivity contribution in [2.45, 2.75) is 0 Å². The van der Waals surface area contributed by atoms with Crippen LogP contribution in [-0.2, 0) is 0 Å². The zero-order valence-electron chi connectivity index (χ0n) is 3.13. The first-order valence-corrected chi connectivity index (χ1v) is 1.95. The first kappa shape index (κ1) is 10.6. The third-order valence-corrected chi connectivity index (χ3v) is 0.643. The minimum absolute atomic E-state index is 0. The summed E-state index contributed by atoms with van der Waals surface area (Å²) in [4.78, 5) is 0. The monoisotopic (exact) mass is 152 g/mol. The molecule has 0 aliphatic rings. The van der Waals surface area contributed by atoms with Gasteiger partial charge in [-0.25, -0.2) is 0 Å². The van der Waals surface area contributed by atoms with Crippen molar-refractivity contribution in [1.82, 2.24) is 0 Å². The van der Waals surface area contributed by atoms with Crippen LogP contribution in [0.25, 0.3) is 0 Å². The Labute approximate surface area is 73.7 Å². The van der Waals surface area contributed by atoms with E-state index in [9.17, 15) is 0 Å². The third-order valence-electron chi connectivity index (χ3n) is 0.0714. The van der Waals surface area contributed by atoms with Crippen LogP contribution in [0, 0.1) is 5.54 Å². The molecule has 0 spiro atoms. The van der Waals surface area contributed by atoms with Crippen molar-refractivity contribution in [1.29, 1.82) is 0 Å². The van der Waals surface area contributed by atoms with E-state index in [0.717, 1.165) is 0 Å². The van der Waals surface area contributed by atoms with Gasteiger partial charge in [0.05, 0.1) is 0 Å². The van der Waals surface area contributed by atoms with Gasteiger partial charge in [-0.05, 0) is 0 Å². The number of halogens is 3. The molecule has 0 amide bonds. The third kappa shape index (κ3) is 9.15. The summed E-state index contributed by atoms with van der Waals surface area (Å²) < 4.78 is -0.0355. The Hall–Kier alpha value is 1.61. The van der Waals surface area contributed by atoms with Gasteiger partial charge >= 0.3 is 29.6 Å². The molecule has 0 aliphatic heterocycles. The quantitative estimate of drug-likeness (QED) is 0.319. The average Bonchev–Trinajstić information content (AvgIpc) is 1.38. The molecule has 0 bridgehead atoms. The smallest absolute Gasteiger partial charge is 0.366 e. The van der Waals surface area contributed by atoms with Gasteiger partial charge in [0.1, 0.15) is 0 Å². The fourth-order valence-electron chi connectivity index (χ4n) is 0. The normalized spacial score (nSPS) is 5.83. The van der Waals surface area contributed by atoms with Gasteiger partial charge in [-0.15, -0.1) is 23.2 Å². The fraction of sp³-hybridized carbons (Fsp3) is 0. The minimum Gasteiger partial charge on any atom is -0.366 e. The van der Waals surface area contributed by atoms with Gasteiger partial charge in [0.2, 0.25) is 0 Å². The predicted molar refractivity (Wildman–Crippen MR) is 24.3 cm³/mol. The first-order valence-electron chi connectivity index (χ1n) is 0.817. The molecule has 0 N–H and O–H groups in total. The van der Waals surface area contributed by atoms with Crippen LogP contribution in [0.4, 0.5) is 0 Å². The number of hydrogen-bond donors (Lipinski definition) is 0. The molecule has 4 heteroatoms. The molecular weight excluding hydrogens is 153 g/mol. The van der Waals surface area contributed by atoms with Gasteiger partial charge in [-0.1, -0.05) is 4.49 Å². The molecule has 0 aromatic carbocycles. The molecule has 0 rings (SSSR count). The van der Waals surface area contributed by atoms with E-state index in [1.165, 1.54) is 0 Å². The first-order chi connectivity index (χ1) is 2.27. The number of hydrogen-bond acceptors (Lipinski definition) is 0. The van der Waals surface area contributed by atoms with Crippen molar-refractivity contribution in [2.24, 2.45) is 0 Å². The molecule has 0 heterocycles. The zero-order valence-corrected chi connectivity index (χ0v) is 7.40. The van der Waals surface area contributed by atoms with Crippen LogP contribution >= 0.6 is 34.8 Å². The van der Waals surface area contributed by atoms with Crippen LogP contribution in [0.1, 0.15) is 0 Å². The molecule has 0 nitrogen and oxygen atoms in total. The maximum absolute atomic E-state index is 4.90. The summed E-state index contributed by atoms with van der Waals surface area (Å²) in [6, 6.07) is 0. The van der Waals surface area contributed by atoms with Crippen molar-refractivity contribution < 1.29 is 29.6 Å². The maximum Gasteiger partial charge on any atom is 1.00 e. The second kappa shape index (κ2) is 6.61. The van der Waals surface area contributed by atoms with Crippen LogP contribution in [-0.4, -0.2) is 0 Å². The Bertz CT molecular complexity index is 46.8. The van der Waals surface area contributed by atoms with Gasteiger partial charge in [0.15, 0.2) is 0 Å². The number of rotatable bonds is 0. The van der Waals surface area contributed by atoms with E-state index in [-0.39, 0.29) is 34.0 Å². The van der Waals surface area contributed by atoms with E-state index in [4.69, 9.17) is 34.8 Å². The molecular formula is C2Cl3Na. The van der Waals surface area contributed by atoms with Crippen LogP contribution in [0.3, 0.4) is 0 Å². The van der Waals surface area contributed by atoms with Crippen molar-refractivity contribution in [2.75, 3.05) is 0 Å². The molecule has 0 saturated heterocycles. The molecule has 0 aromatic heterocycles. The molecule has 0 radical (unpaired) electrons. The van der Waals surface area contributed by atoms with E-state index in [1.54, 1.807) is 0 Å². The maximum atomic E-state index is 4.90. The van der Waals surface area contributed by atoms with Crippen molar-refractivity contribution in [3.63, 3.8) is 0 Å². The largest absolute Gasteiger partial charge is 1.00 e. The summed E-state index contributed by atoms with van der Waals surface area (Å²) in [7, 11) is 0. The summed E-state index contributed by atoms with van der Waals surface area (Å²) in [5, 5.41) is 0. The second-order valence-corrected chi connectivity index (χ2v) is 1.49. The molecule has 0 unspecified atom stereocenters. The van der Waals surface area contributed by atoms with E-state index in [1.807, 2.05) is 5.54 Å². The molecule has 6 heavy (non-hydrogen) atoms. The molecule has 0 saturated carbocycles. The molecule has 0 fully saturated rings. The topological polar surface area (TPSA) is 0 Å². The van der Waals surface area contributed by atoms with Crippen LogP contribution in [0.2, 0.25) is 0 Å². The summed E-state index contributed by atoms with van der Waals surface area (Å²) in [6.45, 7) is 0. The minimum atomic E-state index is -0.0355. The van der Waals surface area contributed by atoms with E-state index in [2.05, 4.69) is 0 Å². The summed E-state index contributed by atoms with van der Waals surface area (Å²) >= 11 is 14.6. The van der Waals surface area contributed by atoms with Gasteiger partial charge in [0.25, 0.3) is 0 Å². The van der Waals surface area contributed by atoms with Gasteiger partial charge in [0, 0.05) is 0 Å². The summed E-state index contributed by atoms with van der Waals surface area (Å²) in [5.74, 6) is 0. The van der Waals surface area contributed by atoms with Crippen molar-refractivity contribution in [3.8, 4) is 0 Å². The SMILES string of the molecule is Cl[C-]=C(Cl)Cl.[Na+]. The Kier molecular flexibility index (Phi) is 11.6. The molecule has 0 atom stereocenters. The summed E-state index contributed by atoms with van der Waals surface area (Å²) in [6.07, 6.45) is 0. The fourth-order valence-corrected chi connectivity index (χ4v) is 0. The van der Waals surface area contributed by atoms with Gasteiger partial charge < -0.3 is 17.1 Å². The Balaban J connectivity index is 0. The van der Waals surface area contributed by atoms with Crippen LogP contribution in [0.15, 0.2) is 4.49 Å². The van der Waals surface area contributed by atoms with E-state index < -0.39 is 0 Å². The average molecular weight is 153 g/mol. The standard InChI is InChI=1S/C2Cl3.Na/c3-1-2(4)5;/q-1;+1. The predicted octanol–water partition coefficient (Wildman–Crippen LogP) is -0.691. The molecule has 0 aromatic rings. The Morgan fingerprint density at radius 3 is 1.50 bits per heavy atom. The second-order valence-electron chi connectivity index (χ2n) is 0.355. The van der Waals surface area contributed by atoms with Gasteiger partial charge in [-0.2, -0.15) is 0 Å². The van der Waals surface area contributed by atoms with Gasteiger partial charge in [-0.3, -0.25) is 0 Å². The van der Waals surface area contributed by atoms with E-state index in [0.29, 0.717) is 0 Å². The summed E-state index contributed by atoms with van der Waals surface area (Å²) in [5.41, 5.74) is 1.95. The molecule has 0 aliphatic carbocycles. The van der Waals surface area contributed by atoms with E-state index >= 15 is 0 Å². The Morgan fingerprint density at radius 2 is 1.50 bits per heavy atom. The zero-order chi connectivity index (χ0) is 4.28. The van der Waals surface area contributed by atoms with Crippen LogP contribution < -0.4 is 29.6 Å². The van der Waals surface area contributed by atoms with Crippen molar-refractivity contribution in [3.05, 3.63) is 10.0 Å². The van der Waals surface area contributed by atoms with Crippen molar-refractivity contribution >= 4 is 34.8 Å². The van der Waals surface area contributed by atoms with Crippen LogP contribution in [0.5, 0.6) is 0 Å². The molecule has 30 valence electrons. The Morgan fingerprint density at radius 1 is 1.33 bits per heavy atom.